The summed E-state index contributed by atoms with van der Waals surface area (Å²) in [6.45, 7) is 11.1. The molecule has 7 heteroatoms. The molecule has 0 saturated carbocycles. The maximum Gasteiger partial charge on any atom is 0.407 e. The Morgan fingerprint density at radius 3 is 2.52 bits per heavy atom. The van der Waals surface area contributed by atoms with Crippen molar-refractivity contribution in [2.24, 2.45) is 5.73 Å². The van der Waals surface area contributed by atoms with E-state index < -0.39 is 17.6 Å². The number of carbonyl (C=O) groups excluding carboxylic acids is 2. The molecule has 162 valence electrons. The van der Waals surface area contributed by atoms with Gasteiger partial charge in [0.1, 0.15) is 5.60 Å². The lowest BCUT2D eigenvalue weighted by Crippen LogP contribution is -2.57. The van der Waals surface area contributed by atoms with Crippen LogP contribution < -0.4 is 16.4 Å². The highest BCUT2D eigenvalue weighted by Crippen LogP contribution is 2.38. The first-order chi connectivity index (χ1) is 13.5. The molecule has 1 aliphatic rings. The van der Waals surface area contributed by atoms with Crippen LogP contribution in [0.15, 0.2) is 18.2 Å². The summed E-state index contributed by atoms with van der Waals surface area (Å²) < 4.78 is 11.0. The lowest BCUT2D eigenvalue weighted by atomic mass is 9.67. The van der Waals surface area contributed by atoms with E-state index in [9.17, 15) is 9.59 Å². The molecule has 0 heterocycles. The van der Waals surface area contributed by atoms with Crippen molar-refractivity contribution in [1.29, 1.82) is 0 Å². The molecular formula is C22H35N3O4. The van der Waals surface area contributed by atoms with E-state index in [4.69, 9.17) is 15.2 Å². The lowest BCUT2D eigenvalue weighted by molar-refractivity contribution is 0.0353. The number of rotatable bonds is 7. The predicted octanol–water partition coefficient (Wildman–Crippen LogP) is 2.51. The largest absolute Gasteiger partial charge is 0.444 e. The van der Waals surface area contributed by atoms with Crippen molar-refractivity contribution < 1.29 is 19.1 Å². The number of amides is 2. The average molecular weight is 406 g/mol. The summed E-state index contributed by atoms with van der Waals surface area (Å²) in [5.41, 5.74) is 7.54. The molecule has 0 aliphatic heterocycles. The first kappa shape index (κ1) is 23.2. The molecule has 1 aromatic carbocycles. The molecule has 29 heavy (non-hydrogen) atoms. The summed E-state index contributed by atoms with van der Waals surface area (Å²) in [5.74, 6) is -0.421. The van der Waals surface area contributed by atoms with Gasteiger partial charge in [-0.25, -0.2) is 4.79 Å². The smallest absolute Gasteiger partial charge is 0.407 e. The van der Waals surface area contributed by atoms with Crippen LogP contribution in [0.25, 0.3) is 0 Å². The standard InChI is InChI=1S/C22H35N3O4/c1-21(2,3)29-20(27)25-11-7-10-24-18-17(28-6)13-14-8-9-15(19(23)26)12-16(14)22(18,4)5/h8-9,12,17-18,24H,7,10-11,13H2,1-6H3,(H2,23,26)(H,25,27). The quantitative estimate of drug-likeness (QED) is 0.605. The van der Waals surface area contributed by atoms with Crippen molar-refractivity contribution in [2.75, 3.05) is 20.2 Å². The van der Waals surface area contributed by atoms with Crippen molar-refractivity contribution in [3.05, 3.63) is 34.9 Å². The first-order valence-corrected chi connectivity index (χ1v) is 10.1. The molecule has 2 rings (SSSR count). The number of fused-ring (bicyclic) bond motifs is 1. The number of hydrogen-bond acceptors (Lipinski definition) is 5. The molecule has 0 spiro atoms. The topological polar surface area (TPSA) is 103 Å². The molecule has 1 aromatic rings. The number of carbonyl (C=O) groups is 2. The van der Waals surface area contributed by atoms with E-state index in [0.29, 0.717) is 18.7 Å². The van der Waals surface area contributed by atoms with Crippen molar-refractivity contribution >= 4 is 12.0 Å². The van der Waals surface area contributed by atoms with Gasteiger partial charge in [0.15, 0.2) is 0 Å². The second-order valence-electron chi connectivity index (χ2n) is 9.15. The first-order valence-electron chi connectivity index (χ1n) is 10.1. The molecule has 2 atom stereocenters. The van der Waals surface area contributed by atoms with E-state index in [1.165, 1.54) is 5.56 Å². The SMILES string of the molecule is COC1Cc2ccc(C(N)=O)cc2C(C)(C)C1NCCCNC(=O)OC(C)(C)C. The third-order valence-electron chi connectivity index (χ3n) is 5.35. The Labute approximate surface area is 173 Å². The Kier molecular flexibility index (Phi) is 7.30. The number of methoxy groups -OCH3 is 1. The van der Waals surface area contributed by atoms with Crippen LogP contribution in [0.1, 0.15) is 62.5 Å². The van der Waals surface area contributed by atoms with E-state index in [0.717, 1.165) is 18.4 Å². The molecule has 0 bridgehead atoms. The molecule has 0 aromatic heterocycles. The summed E-state index contributed by atoms with van der Waals surface area (Å²) in [5, 5.41) is 6.37. The summed E-state index contributed by atoms with van der Waals surface area (Å²) in [4.78, 5) is 23.4. The van der Waals surface area contributed by atoms with Gasteiger partial charge < -0.3 is 25.8 Å². The van der Waals surface area contributed by atoms with Gasteiger partial charge in [0.2, 0.25) is 5.91 Å². The van der Waals surface area contributed by atoms with Gasteiger partial charge >= 0.3 is 6.09 Å². The van der Waals surface area contributed by atoms with Crippen LogP contribution in [0.4, 0.5) is 4.79 Å². The fourth-order valence-electron chi connectivity index (χ4n) is 3.93. The van der Waals surface area contributed by atoms with Crippen LogP contribution >= 0.6 is 0 Å². The monoisotopic (exact) mass is 405 g/mol. The molecule has 7 nitrogen and oxygen atoms in total. The van der Waals surface area contributed by atoms with Gasteiger partial charge in [-0.15, -0.1) is 0 Å². The van der Waals surface area contributed by atoms with Crippen LogP contribution in [0, 0.1) is 0 Å². The highest BCUT2D eigenvalue weighted by atomic mass is 16.6. The Morgan fingerprint density at radius 2 is 1.93 bits per heavy atom. The third kappa shape index (κ3) is 5.93. The zero-order valence-electron chi connectivity index (χ0n) is 18.4. The van der Waals surface area contributed by atoms with Gasteiger partial charge in [0, 0.05) is 37.1 Å². The summed E-state index contributed by atoms with van der Waals surface area (Å²) in [7, 11) is 1.72. The van der Waals surface area contributed by atoms with Crippen molar-refractivity contribution in [2.45, 2.75) is 70.6 Å². The Bertz CT molecular complexity index is 740. The molecule has 0 radical (unpaired) electrons. The summed E-state index contributed by atoms with van der Waals surface area (Å²) >= 11 is 0. The van der Waals surface area contributed by atoms with E-state index >= 15 is 0 Å². The van der Waals surface area contributed by atoms with Crippen molar-refractivity contribution in [3.8, 4) is 0 Å². The number of primary amides is 1. The number of ether oxygens (including phenoxy) is 2. The van der Waals surface area contributed by atoms with Crippen LogP contribution in [0.2, 0.25) is 0 Å². The maximum absolute atomic E-state index is 11.7. The van der Waals surface area contributed by atoms with Crippen molar-refractivity contribution in [3.63, 3.8) is 0 Å². The van der Waals surface area contributed by atoms with E-state index in [1.807, 2.05) is 32.9 Å². The Hall–Kier alpha value is -2.12. The van der Waals surface area contributed by atoms with Gasteiger partial charge in [-0.2, -0.15) is 0 Å². The summed E-state index contributed by atoms with van der Waals surface area (Å²) in [6.07, 6.45) is 1.13. The molecule has 2 unspecified atom stereocenters. The zero-order chi connectivity index (χ0) is 21.8. The Morgan fingerprint density at radius 1 is 1.24 bits per heavy atom. The van der Waals surface area contributed by atoms with Gasteiger partial charge in [-0.3, -0.25) is 4.79 Å². The number of alkyl carbamates (subject to hydrolysis) is 1. The summed E-state index contributed by atoms with van der Waals surface area (Å²) in [6, 6.07) is 5.72. The molecular weight excluding hydrogens is 370 g/mol. The normalized spacial score (nSPS) is 20.6. The number of nitrogens with one attached hydrogen (secondary N) is 2. The highest BCUT2D eigenvalue weighted by molar-refractivity contribution is 5.93. The fourth-order valence-corrected chi connectivity index (χ4v) is 3.93. The predicted molar refractivity (Wildman–Crippen MR) is 113 cm³/mol. The van der Waals surface area contributed by atoms with Crippen LogP contribution in [0.3, 0.4) is 0 Å². The van der Waals surface area contributed by atoms with Gasteiger partial charge in [0.05, 0.1) is 6.10 Å². The molecule has 2 amide bonds. The minimum Gasteiger partial charge on any atom is -0.444 e. The zero-order valence-corrected chi connectivity index (χ0v) is 18.4. The van der Waals surface area contributed by atoms with Crippen LogP contribution in [-0.2, 0) is 21.3 Å². The third-order valence-corrected chi connectivity index (χ3v) is 5.35. The number of nitrogens with two attached hydrogens (primary N) is 1. The average Bonchev–Trinajstić information content (AvgIpc) is 2.60. The van der Waals surface area contributed by atoms with E-state index in [-0.39, 0.29) is 17.6 Å². The number of hydrogen-bond donors (Lipinski definition) is 3. The molecule has 0 fully saturated rings. The van der Waals surface area contributed by atoms with E-state index in [2.05, 4.69) is 24.5 Å². The molecule has 1 aliphatic carbocycles. The van der Waals surface area contributed by atoms with Crippen LogP contribution in [-0.4, -0.2) is 49.9 Å². The highest BCUT2D eigenvalue weighted by Gasteiger charge is 2.42. The van der Waals surface area contributed by atoms with Crippen molar-refractivity contribution in [1.82, 2.24) is 10.6 Å². The van der Waals surface area contributed by atoms with Gasteiger partial charge in [0.25, 0.3) is 0 Å². The Balaban J connectivity index is 2.00. The minimum absolute atomic E-state index is 0.00995. The van der Waals surface area contributed by atoms with Crippen LogP contribution in [0.5, 0.6) is 0 Å². The lowest BCUT2D eigenvalue weighted by Gasteiger charge is -2.45. The molecule has 4 N–H and O–H groups in total. The second-order valence-corrected chi connectivity index (χ2v) is 9.15. The minimum atomic E-state index is -0.503. The maximum atomic E-state index is 11.7. The van der Waals surface area contributed by atoms with E-state index in [1.54, 1.807) is 13.2 Å². The molecule has 0 saturated heterocycles. The number of benzene rings is 1. The van der Waals surface area contributed by atoms with Gasteiger partial charge in [-0.1, -0.05) is 19.9 Å². The second kappa shape index (κ2) is 9.13. The fraction of sp³-hybridized carbons (Fsp3) is 0.636. The van der Waals surface area contributed by atoms with Gasteiger partial charge in [-0.05, 0) is 57.0 Å².